The molecule has 0 saturated carbocycles. The lowest BCUT2D eigenvalue weighted by Gasteiger charge is -2.13. The van der Waals surface area contributed by atoms with E-state index in [1.54, 1.807) is 36.4 Å². The summed E-state index contributed by atoms with van der Waals surface area (Å²) in [6, 6.07) is 12.1. The molecule has 0 radical (unpaired) electrons. The number of carbonyl (C=O) groups excluding carboxylic acids is 2. The van der Waals surface area contributed by atoms with Crippen LogP contribution in [0.5, 0.6) is 11.5 Å². The molecule has 0 aliphatic rings. The summed E-state index contributed by atoms with van der Waals surface area (Å²) in [5.41, 5.74) is 1.06. The van der Waals surface area contributed by atoms with Gasteiger partial charge in [-0.1, -0.05) is 36.7 Å². The Morgan fingerprint density at radius 2 is 1.72 bits per heavy atom. The second kappa shape index (κ2) is 10.2. The van der Waals surface area contributed by atoms with Crippen LogP contribution in [-0.4, -0.2) is 49.7 Å². The molecule has 8 nitrogen and oxygen atoms in total. The van der Waals surface area contributed by atoms with Crippen molar-refractivity contribution in [3.8, 4) is 28.4 Å². The number of hydrogen-bond donors (Lipinski definition) is 0. The predicted molar refractivity (Wildman–Crippen MR) is 119 cm³/mol. The van der Waals surface area contributed by atoms with Crippen LogP contribution in [0, 0.1) is 0 Å². The van der Waals surface area contributed by atoms with Crippen LogP contribution in [0.4, 0.5) is 0 Å². The molecule has 0 amide bonds. The second-order valence-corrected chi connectivity index (χ2v) is 7.05. The predicted octanol–water partition coefficient (Wildman–Crippen LogP) is 4.56. The SMILES string of the molecule is CCCOc1c(Cl)cc(-c2nn(-c3ccccc3)c(C(=O)OC)c2C(=O)OC)cc1OC. The first kappa shape index (κ1) is 23.1. The summed E-state index contributed by atoms with van der Waals surface area (Å²) in [7, 11) is 3.94. The van der Waals surface area contributed by atoms with Gasteiger partial charge >= 0.3 is 11.9 Å². The Bertz CT molecular complexity index is 1130. The summed E-state index contributed by atoms with van der Waals surface area (Å²) in [6.07, 6.45) is 0.789. The van der Waals surface area contributed by atoms with Gasteiger partial charge in [0, 0.05) is 5.56 Å². The molecule has 0 aliphatic heterocycles. The van der Waals surface area contributed by atoms with E-state index < -0.39 is 11.9 Å². The van der Waals surface area contributed by atoms with Gasteiger partial charge in [-0.2, -0.15) is 5.10 Å². The van der Waals surface area contributed by atoms with Gasteiger partial charge < -0.3 is 18.9 Å². The molecular weight excluding hydrogens is 436 g/mol. The number of esters is 2. The van der Waals surface area contributed by atoms with Crippen molar-refractivity contribution < 1.29 is 28.5 Å². The fraction of sp³-hybridized carbons (Fsp3) is 0.261. The molecule has 0 spiro atoms. The van der Waals surface area contributed by atoms with Gasteiger partial charge in [-0.15, -0.1) is 0 Å². The minimum absolute atomic E-state index is 0.0523. The average Bonchev–Trinajstić information content (AvgIpc) is 3.23. The zero-order chi connectivity index (χ0) is 23.3. The number of nitrogens with zero attached hydrogens (tertiary/aromatic N) is 2. The molecule has 0 N–H and O–H groups in total. The van der Waals surface area contributed by atoms with Gasteiger partial charge in [0.15, 0.2) is 17.2 Å². The molecule has 32 heavy (non-hydrogen) atoms. The van der Waals surface area contributed by atoms with E-state index >= 15 is 0 Å². The lowest BCUT2D eigenvalue weighted by atomic mass is 10.0. The lowest BCUT2D eigenvalue weighted by Crippen LogP contribution is -2.15. The number of benzene rings is 2. The summed E-state index contributed by atoms with van der Waals surface area (Å²) < 4.78 is 22.4. The van der Waals surface area contributed by atoms with Crippen LogP contribution in [0.25, 0.3) is 16.9 Å². The molecule has 9 heteroatoms. The highest BCUT2D eigenvalue weighted by Gasteiger charge is 2.32. The van der Waals surface area contributed by atoms with Crippen molar-refractivity contribution in [1.82, 2.24) is 9.78 Å². The van der Waals surface area contributed by atoms with E-state index in [9.17, 15) is 9.59 Å². The third-order valence-electron chi connectivity index (χ3n) is 4.61. The van der Waals surface area contributed by atoms with Crippen LogP contribution in [0.15, 0.2) is 42.5 Å². The van der Waals surface area contributed by atoms with Crippen molar-refractivity contribution in [2.45, 2.75) is 13.3 Å². The van der Waals surface area contributed by atoms with E-state index in [0.717, 1.165) is 6.42 Å². The molecule has 0 aliphatic carbocycles. The first-order valence-electron chi connectivity index (χ1n) is 9.82. The minimum atomic E-state index is -0.746. The maximum absolute atomic E-state index is 12.8. The van der Waals surface area contributed by atoms with Gasteiger partial charge in [0.2, 0.25) is 0 Å². The standard InChI is InChI=1S/C23H23ClN2O6/c1-5-11-32-21-16(24)12-14(13-17(21)29-2)19-18(22(27)30-3)20(23(28)31-4)26(25-19)15-9-7-6-8-10-15/h6-10,12-13H,5,11H2,1-4H3. The summed E-state index contributed by atoms with van der Waals surface area (Å²) in [4.78, 5) is 25.5. The number of rotatable bonds is 8. The van der Waals surface area contributed by atoms with Gasteiger partial charge in [-0.3, -0.25) is 0 Å². The molecule has 3 aromatic rings. The number of ether oxygens (including phenoxy) is 4. The number of para-hydroxylation sites is 1. The first-order chi connectivity index (χ1) is 15.5. The maximum Gasteiger partial charge on any atom is 0.357 e. The van der Waals surface area contributed by atoms with Crippen LogP contribution in [0.2, 0.25) is 5.02 Å². The highest BCUT2D eigenvalue weighted by molar-refractivity contribution is 6.32. The fourth-order valence-corrected chi connectivity index (χ4v) is 3.42. The Morgan fingerprint density at radius 1 is 1.03 bits per heavy atom. The Kier molecular flexibility index (Phi) is 7.37. The van der Waals surface area contributed by atoms with E-state index in [-0.39, 0.29) is 22.0 Å². The van der Waals surface area contributed by atoms with Gasteiger partial charge in [-0.25, -0.2) is 14.3 Å². The quantitative estimate of drug-likeness (QED) is 0.457. The van der Waals surface area contributed by atoms with Crippen molar-refractivity contribution in [2.24, 2.45) is 0 Å². The highest BCUT2D eigenvalue weighted by atomic mass is 35.5. The normalized spacial score (nSPS) is 10.5. The molecule has 2 aromatic carbocycles. The Balaban J connectivity index is 2.31. The summed E-state index contributed by atoms with van der Waals surface area (Å²) >= 11 is 6.47. The van der Waals surface area contributed by atoms with Crippen LogP contribution >= 0.6 is 11.6 Å². The van der Waals surface area contributed by atoms with Crippen molar-refractivity contribution in [3.05, 3.63) is 58.7 Å². The zero-order valence-electron chi connectivity index (χ0n) is 18.2. The van der Waals surface area contributed by atoms with E-state index in [4.69, 9.17) is 30.5 Å². The Hall–Kier alpha value is -3.52. The number of methoxy groups -OCH3 is 3. The van der Waals surface area contributed by atoms with Gasteiger partial charge in [0.05, 0.1) is 38.6 Å². The smallest absolute Gasteiger partial charge is 0.357 e. The van der Waals surface area contributed by atoms with Gasteiger partial charge in [-0.05, 0) is 30.7 Å². The fourth-order valence-electron chi connectivity index (χ4n) is 3.16. The third kappa shape index (κ3) is 4.40. The van der Waals surface area contributed by atoms with Crippen molar-refractivity contribution in [3.63, 3.8) is 0 Å². The topological polar surface area (TPSA) is 88.9 Å². The van der Waals surface area contributed by atoms with Crippen LogP contribution in [-0.2, 0) is 9.47 Å². The summed E-state index contributed by atoms with van der Waals surface area (Å²) in [6.45, 7) is 2.43. The van der Waals surface area contributed by atoms with Crippen molar-refractivity contribution in [1.29, 1.82) is 0 Å². The van der Waals surface area contributed by atoms with E-state index in [0.29, 0.717) is 29.4 Å². The number of hydrogen-bond acceptors (Lipinski definition) is 7. The third-order valence-corrected chi connectivity index (χ3v) is 4.89. The molecule has 0 atom stereocenters. The summed E-state index contributed by atoms with van der Waals surface area (Å²) in [5.74, 6) is -0.737. The number of carbonyl (C=O) groups is 2. The lowest BCUT2D eigenvalue weighted by molar-refractivity contribution is 0.0549. The molecule has 1 heterocycles. The number of halogens is 1. The molecular formula is C23H23ClN2O6. The van der Waals surface area contributed by atoms with Crippen LogP contribution in [0.3, 0.4) is 0 Å². The van der Waals surface area contributed by atoms with E-state index in [1.165, 1.54) is 26.0 Å². The molecule has 3 rings (SSSR count). The van der Waals surface area contributed by atoms with E-state index in [1.807, 2.05) is 13.0 Å². The van der Waals surface area contributed by atoms with Gasteiger partial charge in [0.1, 0.15) is 11.3 Å². The van der Waals surface area contributed by atoms with Crippen LogP contribution in [0.1, 0.15) is 34.2 Å². The molecule has 1 aromatic heterocycles. The van der Waals surface area contributed by atoms with Crippen molar-refractivity contribution >= 4 is 23.5 Å². The van der Waals surface area contributed by atoms with Gasteiger partial charge in [0.25, 0.3) is 0 Å². The molecule has 0 unspecified atom stereocenters. The van der Waals surface area contributed by atoms with Crippen molar-refractivity contribution in [2.75, 3.05) is 27.9 Å². The first-order valence-corrected chi connectivity index (χ1v) is 10.2. The molecule has 0 bridgehead atoms. The second-order valence-electron chi connectivity index (χ2n) is 6.64. The highest BCUT2D eigenvalue weighted by Crippen LogP contribution is 2.41. The monoisotopic (exact) mass is 458 g/mol. The molecule has 168 valence electrons. The number of aromatic nitrogens is 2. The van der Waals surface area contributed by atoms with E-state index in [2.05, 4.69) is 5.10 Å². The summed E-state index contributed by atoms with van der Waals surface area (Å²) in [5, 5.41) is 4.83. The molecule has 0 fully saturated rings. The maximum atomic E-state index is 12.8. The van der Waals surface area contributed by atoms with Crippen LogP contribution < -0.4 is 9.47 Å². The zero-order valence-corrected chi connectivity index (χ0v) is 18.9. The molecule has 0 saturated heterocycles. The largest absolute Gasteiger partial charge is 0.493 e. The Morgan fingerprint density at radius 3 is 2.31 bits per heavy atom. The minimum Gasteiger partial charge on any atom is -0.493 e. The Labute approximate surface area is 190 Å². The average molecular weight is 459 g/mol.